The molecule has 5 heteroatoms. The van der Waals surface area contributed by atoms with Crippen LogP contribution < -0.4 is 11.1 Å². The molecule has 0 aliphatic rings. The predicted octanol–water partition coefficient (Wildman–Crippen LogP) is 2.84. The van der Waals surface area contributed by atoms with Gasteiger partial charge in [0, 0.05) is 27.8 Å². The molecule has 0 unspecified atom stereocenters. The quantitative estimate of drug-likeness (QED) is 0.815. The third-order valence-corrected chi connectivity index (χ3v) is 4.07. The summed E-state index contributed by atoms with van der Waals surface area (Å²) in [6, 6.07) is 5.86. The molecule has 18 heavy (non-hydrogen) atoms. The fourth-order valence-electron chi connectivity index (χ4n) is 1.28. The molecule has 0 aliphatic carbocycles. The van der Waals surface area contributed by atoms with Crippen LogP contribution in [0, 0.1) is 0 Å². The largest absolute Gasteiger partial charge is 0.389 e. The highest BCUT2D eigenvalue weighted by molar-refractivity contribution is 9.10. The van der Waals surface area contributed by atoms with Crippen molar-refractivity contribution in [3.63, 3.8) is 0 Å². The third-order valence-electron chi connectivity index (χ3n) is 3.18. The minimum atomic E-state index is 0.0846. The van der Waals surface area contributed by atoms with Gasteiger partial charge in [0.05, 0.1) is 0 Å². The molecule has 0 atom stereocenters. The Balaban J connectivity index is 2.78. The molecule has 0 aliphatic heterocycles. The molecule has 0 heterocycles. The highest BCUT2D eigenvalue weighted by Gasteiger charge is 2.20. The van der Waals surface area contributed by atoms with Crippen molar-refractivity contribution in [2.24, 2.45) is 5.73 Å². The zero-order valence-corrected chi connectivity index (χ0v) is 13.7. The highest BCUT2D eigenvalue weighted by atomic mass is 79.9. The van der Waals surface area contributed by atoms with Gasteiger partial charge in [-0.2, -0.15) is 0 Å². The smallest absolute Gasteiger partial charge is 0.104 e. The lowest BCUT2D eigenvalue weighted by Gasteiger charge is -2.33. The number of halogens is 1. The molecule has 0 spiro atoms. The van der Waals surface area contributed by atoms with E-state index in [4.69, 9.17) is 18.0 Å². The van der Waals surface area contributed by atoms with E-state index in [1.54, 1.807) is 0 Å². The van der Waals surface area contributed by atoms with Crippen LogP contribution in [0.3, 0.4) is 0 Å². The molecular formula is C13H20BrN3S. The van der Waals surface area contributed by atoms with Gasteiger partial charge in [-0.05, 0) is 62.1 Å². The van der Waals surface area contributed by atoms with Crippen LogP contribution in [0.5, 0.6) is 0 Å². The van der Waals surface area contributed by atoms with E-state index in [0.29, 0.717) is 4.99 Å². The Labute approximate surface area is 123 Å². The zero-order chi connectivity index (χ0) is 13.9. The number of hydrogen-bond acceptors (Lipinski definition) is 3. The van der Waals surface area contributed by atoms with Crippen molar-refractivity contribution in [3.8, 4) is 0 Å². The van der Waals surface area contributed by atoms with Gasteiger partial charge < -0.3 is 16.0 Å². The molecule has 0 aromatic heterocycles. The molecule has 0 saturated heterocycles. The maximum Gasteiger partial charge on any atom is 0.104 e. The van der Waals surface area contributed by atoms with Gasteiger partial charge in [0.2, 0.25) is 0 Å². The predicted molar refractivity (Wildman–Crippen MR) is 86.3 cm³/mol. The summed E-state index contributed by atoms with van der Waals surface area (Å²) in [6.07, 6.45) is 0. The zero-order valence-electron chi connectivity index (χ0n) is 11.2. The van der Waals surface area contributed by atoms with Crippen molar-refractivity contribution < 1.29 is 0 Å². The van der Waals surface area contributed by atoms with E-state index < -0.39 is 0 Å². The summed E-state index contributed by atoms with van der Waals surface area (Å²) >= 11 is 8.48. The molecule has 0 saturated carbocycles. The molecule has 1 rings (SSSR count). The van der Waals surface area contributed by atoms with E-state index in [-0.39, 0.29) is 5.54 Å². The van der Waals surface area contributed by atoms with Gasteiger partial charge in [0.1, 0.15) is 4.99 Å². The topological polar surface area (TPSA) is 41.3 Å². The number of hydrogen-bond donors (Lipinski definition) is 2. The molecule has 3 N–H and O–H groups in total. The van der Waals surface area contributed by atoms with Crippen molar-refractivity contribution in [3.05, 3.63) is 28.2 Å². The second kappa shape index (κ2) is 5.99. The number of benzene rings is 1. The van der Waals surface area contributed by atoms with Crippen molar-refractivity contribution in [2.75, 3.05) is 26.0 Å². The maximum absolute atomic E-state index is 5.60. The first-order chi connectivity index (χ1) is 8.24. The van der Waals surface area contributed by atoms with Crippen LogP contribution in [0.25, 0.3) is 0 Å². The number of nitrogens with two attached hydrogens (primary N) is 1. The van der Waals surface area contributed by atoms with Gasteiger partial charge >= 0.3 is 0 Å². The average Bonchev–Trinajstić information content (AvgIpc) is 2.26. The Bertz CT molecular complexity index is 444. The lowest BCUT2D eigenvalue weighted by Crippen LogP contribution is -2.44. The van der Waals surface area contributed by atoms with Gasteiger partial charge in [0.15, 0.2) is 0 Å². The summed E-state index contributed by atoms with van der Waals surface area (Å²) in [7, 11) is 4.15. The van der Waals surface area contributed by atoms with Gasteiger partial charge in [-0.1, -0.05) is 12.2 Å². The fourth-order valence-corrected chi connectivity index (χ4v) is 1.93. The normalized spacial score (nSPS) is 11.7. The summed E-state index contributed by atoms with van der Waals surface area (Å²) in [4.78, 5) is 2.60. The van der Waals surface area contributed by atoms with Gasteiger partial charge in [-0.25, -0.2) is 0 Å². The Kier molecular flexibility index (Phi) is 5.13. The lowest BCUT2D eigenvalue weighted by atomic mass is 10.0. The Morgan fingerprint density at radius 2 is 2.06 bits per heavy atom. The Hall–Kier alpha value is -0.650. The summed E-state index contributed by atoms with van der Waals surface area (Å²) < 4.78 is 0.974. The van der Waals surface area contributed by atoms with E-state index in [0.717, 1.165) is 22.3 Å². The van der Waals surface area contributed by atoms with Crippen LogP contribution in [0.15, 0.2) is 22.7 Å². The minimum absolute atomic E-state index is 0.0846. The maximum atomic E-state index is 5.60. The van der Waals surface area contributed by atoms with E-state index in [9.17, 15) is 0 Å². The van der Waals surface area contributed by atoms with Crippen LogP contribution >= 0.6 is 28.1 Å². The van der Waals surface area contributed by atoms with Gasteiger partial charge in [-0.15, -0.1) is 0 Å². The number of likely N-dealkylation sites (N-methyl/N-ethyl adjacent to an activating group) is 1. The monoisotopic (exact) mass is 329 g/mol. The minimum Gasteiger partial charge on any atom is -0.389 e. The summed E-state index contributed by atoms with van der Waals surface area (Å²) in [6.45, 7) is 5.24. The van der Waals surface area contributed by atoms with E-state index in [1.807, 2.05) is 18.2 Å². The molecule has 1 aromatic carbocycles. The molecule has 0 bridgehead atoms. The second-order valence-corrected chi connectivity index (χ2v) is 6.41. The molecule has 100 valence electrons. The van der Waals surface area contributed by atoms with Crippen molar-refractivity contribution in [1.29, 1.82) is 0 Å². The highest BCUT2D eigenvalue weighted by Crippen LogP contribution is 2.24. The molecule has 0 amide bonds. The van der Waals surface area contributed by atoms with Crippen LogP contribution in [-0.2, 0) is 0 Å². The van der Waals surface area contributed by atoms with Gasteiger partial charge in [0.25, 0.3) is 0 Å². The molecular weight excluding hydrogens is 310 g/mol. The fraction of sp³-hybridized carbons (Fsp3) is 0.462. The van der Waals surface area contributed by atoms with Crippen molar-refractivity contribution in [1.82, 2.24) is 4.90 Å². The molecule has 0 fully saturated rings. The Morgan fingerprint density at radius 3 is 2.50 bits per heavy atom. The molecule has 0 radical (unpaired) electrons. The first-order valence-electron chi connectivity index (χ1n) is 5.74. The molecule has 3 nitrogen and oxygen atoms in total. The molecule has 1 aromatic rings. The number of rotatable bonds is 5. The summed E-state index contributed by atoms with van der Waals surface area (Å²) in [5.41, 5.74) is 7.60. The summed E-state index contributed by atoms with van der Waals surface area (Å²) in [5.74, 6) is 0. The first kappa shape index (κ1) is 15.4. The van der Waals surface area contributed by atoms with Crippen molar-refractivity contribution >= 4 is 38.8 Å². The Morgan fingerprint density at radius 1 is 1.44 bits per heavy atom. The van der Waals surface area contributed by atoms with Crippen LogP contribution in [-0.4, -0.2) is 36.1 Å². The number of nitrogens with zero attached hydrogens (tertiary/aromatic N) is 1. The second-order valence-electron chi connectivity index (χ2n) is 5.12. The third kappa shape index (κ3) is 3.93. The summed E-state index contributed by atoms with van der Waals surface area (Å²) in [5, 5.41) is 3.43. The average molecular weight is 330 g/mol. The number of anilines is 1. The first-order valence-corrected chi connectivity index (χ1v) is 6.95. The standard InChI is InChI=1S/C13H20BrN3S/c1-13(2,17(3)4)8-16-11-6-5-9(12(15)18)7-10(11)14/h5-7,16H,8H2,1-4H3,(H2,15,18). The number of nitrogens with one attached hydrogen (secondary N) is 1. The van der Waals surface area contributed by atoms with E-state index >= 15 is 0 Å². The van der Waals surface area contributed by atoms with Crippen LogP contribution in [0.2, 0.25) is 0 Å². The van der Waals surface area contributed by atoms with E-state index in [2.05, 4.69) is 54.1 Å². The van der Waals surface area contributed by atoms with Gasteiger partial charge in [-0.3, -0.25) is 0 Å². The van der Waals surface area contributed by atoms with Crippen molar-refractivity contribution in [2.45, 2.75) is 19.4 Å². The SMILES string of the molecule is CN(C)C(C)(C)CNc1ccc(C(N)=S)cc1Br. The number of thiocarbonyl (C=S) groups is 1. The van der Waals surface area contributed by atoms with Crippen LogP contribution in [0.1, 0.15) is 19.4 Å². The van der Waals surface area contributed by atoms with Crippen LogP contribution in [0.4, 0.5) is 5.69 Å². The van der Waals surface area contributed by atoms with E-state index in [1.165, 1.54) is 0 Å². The lowest BCUT2D eigenvalue weighted by molar-refractivity contribution is 0.210.